The number of aromatic nitrogens is 3. The van der Waals surface area contributed by atoms with Crippen molar-refractivity contribution in [3.63, 3.8) is 0 Å². The highest BCUT2D eigenvalue weighted by molar-refractivity contribution is 5.34. The molecule has 0 aliphatic carbocycles. The molecule has 0 radical (unpaired) electrons. The summed E-state index contributed by atoms with van der Waals surface area (Å²) in [6, 6.07) is 3.20. The summed E-state index contributed by atoms with van der Waals surface area (Å²) < 4.78 is 1.57. The number of hydrogen-bond acceptors (Lipinski definition) is 2. The van der Waals surface area contributed by atoms with Crippen LogP contribution in [0, 0.1) is 0 Å². The quantitative estimate of drug-likeness (QED) is 0.699. The number of hydrogen-bond donors (Lipinski definition) is 1. The molecule has 0 spiro atoms. The van der Waals surface area contributed by atoms with Crippen molar-refractivity contribution in [1.29, 1.82) is 0 Å². The molecular weight excluding hydrogens is 178 g/mol. The van der Waals surface area contributed by atoms with Crippen molar-refractivity contribution < 1.29 is 0 Å². The molecule has 1 N–H and O–H groups in total. The standard InChI is InChI=1S/C6H5N3O.2C2H6/c10-6-4-5-7-2-1-3-9(5)8-6;2*1-2/h1-4H,(H,8,10);2*1-2H3. The van der Waals surface area contributed by atoms with Gasteiger partial charge in [-0.3, -0.25) is 9.89 Å². The summed E-state index contributed by atoms with van der Waals surface area (Å²) in [6.45, 7) is 8.00. The van der Waals surface area contributed by atoms with E-state index in [0.717, 1.165) is 0 Å². The molecule has 78 valence electrons. The smallest absolute Gasteiger partial charge is 0.266 e. The average Bonchev–Trinajstić information content (AvgIpc) is 2.64. The van der Waals surface area contributed by atoms with E-state index < -0.39 is 0 Å². The summed E-state index contributed by atoms with van der Waals surface area (Å²) in [5.74, 6) is 0. The van der Waals surface area contributed by atoms with E-state index in [0.29, 0.717) is 5.65 Å². The molecule has 2 aromatic heterocycles. The van der Waals surface area contributed by atoms with Gasteiger partial charge in [0, 0.05) is 18.5 Å². The van der Waals surface area contributed by atoms with Crippen molar-refractivity contribution in [2.24, 2.45) is 0 Å². The minimum atomic E-state index is -0.126. The van der Waals surface area contributed by atoms with Gasteiger partial charge in [0.25, 0.3) is 5.56 Å². The Hall–Kier alpha value is -1.58. The molecule has 4 heteroatoms. The third kappa shape index (κ3) is 3.05. The number of H-pyrrole nitrogens is 1. The average molecular weight is 195 g/mol. The van der Waals surface area contributed by atoms with Crippen LogP contribution < -0.4 is 5.56 Å². The maximum Gasteiger partial charge on any atom is 0.266 e. The van der Waals surface area contributed by atoms with Crippen LogP contribution in [0.3, 0.4) is 0 Å². The summed E-state index contributed by atoms with van der Waals surface area (Å²) in [5.41, 5.74) is 0.520. The zero-order valence-electron chi connectivity index (χ0n) is 9.11. The predicted octanol–water partition coefficient (Wildman–Crippen LogP) is 2.07. The van der Waals surface area contributed by atoms with Crippen LogP contribution in [0.1, 0.15) is 27.7 Å². The normalized spacial score (nSPS) is 8.29. The summed E-state index contributed by atoms with van der Waals surface area (Å²) in [4.78, 5) is 14.6. The van der Waals surface area contributed by atoms with Gasteiger partial charge in [0.2, 0.25) is 0 Å². The molecule has 2 rings (SSSR count). The Bertz CT molecular complexity index is 367. The van der Waals surface area contributed by atoms with E-state index >= 15 is 0 Å². The lowest BCUT2D eigenvalue weighted by Gasteiger charge is -1.87. The van der Waals surface area contributed by atoms with E-state index in [1.54, 1.807) is 23.0 Å². The lowest BCUT2D eigenvalue weighted by molar-refractivity contribution is 0.920. The van der Waals surface area contributed by atoms with Crippen molar-refractivity contribution in [1.82, 2.24) is 14.6 Å². The first-order valence-corrected chi connectivity index (χ1v) is 4.89. The zero-order chi connectivity index (χ0) is 11.0. The van der Waals surface area contributed by atoms with Gasteiger partial charge in [-0.1, -0.05) is 27.7 Å². The SMILES string of the molecule is CC.CC.O=c1cc2ncccn2[nH]1. The summed E-state index contributed by atoms with van der Waals surface area (Å²) in [6.07, 6.45) is 3.38. The Morgan fingerprint density at radius 2 is 1.93 bits per heavy atom. The summed E-state index contributed by atoms with van der Waals surface area (Å²) in [5, 5.41) is 2.56. The van der Waals surface area contributed by atoms with Gasteiger partial charge in [0.15, 0.2) is 5.65 Å². The van der Waals surface area contributed by atoms with Crippen LogP contribution in [0.15, 0.2) is 29.3 Å². The van der Waals surface area contributed by atoms with Gasteiger partial charge >= 0.3 is 0 Å². The van der Waals surface area contributed by atoms with Gasteiger partial charge in [-0.05, 0) is 6.07 Å². The lowest BCUT2D eigenvalue weighted by atomic mass is 10.6. The molecule has 2 aromatic rings. The lowest BCUT2D eigenvalue weighted by Crippen LogP contribution is -1.97. The Labute approximate surface area is 83.6 Å². The molecule has 0 atom stereocenters. The topological polar surface area (TPSA) is 50.2 Å². The van der Waals surface area contributed by atoms with Gasteiger partial charge in [0.05, 0.1) is 0 Å². The maximum atomic E-state index is 10.7. The Morgan fingerprint density at radius 1 is 1.29 bits per heavy atom. The fraction of sp³-hybridized carbons (Fsp3) is 0.400. The number of rotatable bonds is 0. The van der Waals surface area contributed by atoms with Gasteiger partial charge in [-0.15, -0.1) is 0 Å². The number of fused-ring (bicyclic) bond motifs is 1. The van der Waals surface area contributed by atoms with Gasteiger partial charge in [-0.25, -0.2) is 9.50 Å². The Morgan fingerprint density at radius 3 is 2.50 bits per heavy atom. The van der Waals surface area contributed by atoms with Crippen molar-refractivity contribution in [2.75, 3.05) is 0 Å². The molecule has 0 saturated carbocycles. The molecule has 4 nitrogen and oxygen atoms in total. The van der Waals surface area contributed by atoms with Crippen LogP contribution in [-0.2, 0) is 0 Å². The predicted molar refractivity (Wildman–Crippen MR) is 58.5 cm³/mol. The molecule has 2 heterocycles. The molecule has 0 amide bonds. The molecule has 0 aromatic carbocycles. The number of nitrogens with one attached hydrogen (secondary N) is 1. The molecular formula is C10H17N3O. The monoisotopic (exact) mass is 195 g/mol. The Kier molecular flexibility index (Phi) is 6.11. The van der Waals surface area contributed by atoms with Gasteiger partial charge in [0.1, 0.15) is 0 Å². The molecule has 0 saturated heterocycles. The third-order valence-corrected chi connectivity index (χ3v) is 1.27. The molecule has 0 fully saturated rings. The molecule has 0 unspecified atom stereocenters. The first kappa shape index (κ1) is 12.4. The fourth-order valence-corrected chi connectivity index (χ4v) is 0.852. The first-order chi connectivity index (χ1) is 6.86. The Balaban J connectivity index is 0.000000379. The largest absolute Gasteiger partial charge is 0.268 e. The minimum Gasteiger partial charge on any atom is -0.268 e. The first-order valence-electron chi connectivity index (χ1n) is 4.89. The fourth-order valence-electron chi connectivity index (χ4n) is 0.852. The van der Waals surface area contributed by atoms with E-state index in [4.69, 9.17) is 0 Å². The highest BCUT2D eigenvalue weighted by Gasteiger charge is 1.91. The second-order valence-electron chi connectivity index (χ2n) is 1.97. The van der Waals surface area contributed by atoms with Crippen LogP contribution in [0.25, 0.3) is 5.65 Å². The molecule has 0 bridgehead atoms. The van der Waals surface area contributed by atoms with Crippen molar-refractivity contribution in [3.8, 4) is 0 Å². The van der Waals surface area contributed by atoms with Crippen molar-refractivity contribution >= 4 is 5.65 Å². The van der Waals surface area contributed by atoms with E-state index in [1.807, 2.05) is 27.7 Å². The van der Waals surface area contributed by atoms with Gasteiger partial charge in [-0.2, -0.15) is 0 Å². The third-order valence-electron chi connectivity index (χ3n) is 1.27. The minimum absolute atomic E-state index is 0.126. The summed E-state index contributed by atoms with van der Waals surface area (Å²) in [7, 11) is 0. The van der Waals surface area contributed by atoms with E-state index in [2.05, 4.69) is 10.1 Å². The van der Waals surface area contributed by atoms with Crippen LogP contribution in [-0.4, -0.2) is 14.6 Å². The van der Waals surface area contributed by atoms with Crippen LogP contribution in [0.2, 0.25) is 0 Å². The van der Waals surface area contributed by atoms with Crippen molar-refractivity contribution in [2.45, 2.75) is 27.7 Å². The van der Waals surface area contributed by atoms with Crippen LogP contribution in [0.5, 0.6) is 0 Å². The van der Waals surface area contributed by atoms with Crippen LogP contribution >= 0.6 is 0 Å². The number of aromatic amines is 1. The van der Waals surface area contributed by atoms with E-state index in [-0.39, 0.29) is 5.56 Å². The van der Waals surface area contributed by atoms with Crippen molar-refractivity contribution in [3.05, 3.63) is 34.9 Å². The number of nitrogens with zero attached hydrogens (tertiary/aromatic N) is 2. The van der Waals surface area contributed by atoms with E-state index in [9.17, 15) is 4.79 Å². The highest BCUT2D eigenvalue weighted by atomic mass is 16.1. The zero-order valence-corrected chi connectivity index (χ0v) is 9.11. The second-order valence-corrected chi connectivity index (χ2v) is 1.97. The molecule has 14 heavy (non-hydrogen) atoms. The highest BCUT2D eigenvalue weighted by Crippen LogP contribution is 1.89. The maximum absolute atomic E-state index is 10.7. The van der Waals surface area contributed by atoms with Crippen LogP contribution in [0.4, 0.5) is 0 Å². The molecule has 0 aliphatic rings. The van der Waals surface area contributed by atoms with E-state index in [1.165, 1.54) is 6.07 Å². The second kappa shape index (κ2) is 6.88. The summed E-state index contributed by atoms with van der Waals surface area (Å²) >= 11 is 0. The van der Waals surface area contributed by atoms with Gasteiger partial charge < -0.3 is 0 Å². The molecule has 0 aliphatic heterocycles.